The van der Waals surface area contributed by atoms with Crippen molar-refractivity contribution < 1.29 is 9.84 Å². The predicted molar refractivity (Wildman–Crippen MR) is 60.2 cm³/mol. The minimum Gasteiger partial charge on any atom is -0.460 e. The Hall–Kier alpha value is -1.16. The summed E-state index contributed by atoms with van der Waals surface area (Å²) in [5.41, 5.74) is 1.55. The minimum absolute atomic E-state index is 0.0183. The van der Waals surface area contributed by atoms with Crippen molar-refractivity contribution in [2.24, 2.45) is 0 Å². The van der Waals surface area contributed by atoms with E-state index in [-0.39, 0.29) is 12.7 Å². The summed E-state index contributed by atoms with van der Waals surface area (Å²) in [6, 6.07) is 0.446. The molecule has 88 valence electrons. The van der Waals surface area contributed by atoms with Gasteiger partial charge in [-0.2, -0.15) is 0 Å². The molecule has 1 aromatic rings. The summed E-state index contributed by atoms with van der Waals surface area (Å²) in [5.74, 6) is 0. The molecule has 1 heterocycles. The molecule has 16 heavy (non-hydrogen) atoms. The second-order valence-electron chi connectivity index (χ2n) is 4.30. The van der Waals surface area contributed by atoms with E-state index in [4.69, 9.17) is 9.84 Å². The van der Waals surface area contributed by atoms with E-state index in [0.717, 1.165) is 24.1 Å². The molecule has 4 heteroatoms. The molecule has 0 spiro atoms. The zero-order valence-corrected chi connectivity index (χ0v) is 9.65. The van der Waals surface area contributed by atoms with Crippen LogP contribution in [-0.2, 0) is 6.61 Å². The molecule has 0 aromatic carbocycles. The number of hydrogen-bond donors (Lipinski definition) is 1. The molecule has 0 bridgehead atoms. The Bertz CT molecular complexity index is 349. The Kier molecular flexibility index (Phi) is 3.72. The van der Waals surface area contributed by atoms with E-state index in [1.807, 2.05) is 6.92 Å². The Labute approximate surface area is 95.7 Å². The van der Waals surface area contributed by atoms with E-state index < -0.39 is 0 Å². The van der Waals surface area contributed by atoms with E-state index >= 15 is 0 Å². The smallest absolute Gasteiger partial charge is 0.316 e. The first-order valence-corrected chi connectivity index (χ1v) is 5.89. The second-order valence-corrected chi connectivity index (χ2v) is 4.30. The van der Waals surface area contributed by atoms with Gasteiger partial charge in [-0.1, -0.05) is 6.42 Å². The molecule has 1 aromatic heterocycles. The number of nitrogens with zero attached hydrogens (tertiary/aromatic N) is 2. The molecule has 2 rings (SSSR count). The van der Waals surface area contributed by atoms with Gasteiger partial charge < -0.3 is 9.84 Å². The first kappa shape index (κ1) is 11.3. The van der Waals surface area contributed by atoms with E-state index in [2.05, 4.69) is 9.97 Å². The predicted octanol–water partition coefficient (Wildman–Crippen LogP) is 1.99. The molecule has 1 aliphatic carbocycles. The molecule has 1 aliphatic rings. The van der Waals surface area contributed by atoms with E-state index in [1.54, 1.807) is 6.20 Å². The maximum atomic E-state index is 9.01. The Morgan fingerprint density at radius 3 is 2.75 bits per heavy atom. The third-order valence-electron chi connectivity index (χ3n) is 3.05. The topological polar surface area (TPSA) is 55.2 Å². The van der Waals surface area contributed by atoms with Crippen LogP contribution in [0.25, 0.3) is 0 Å². The van der Waals surface area contributed by atoms with Crippen LogP contribution in [0.4, 0.5) is 0 Å². The van der Waals surface area contributed by atoms with Gasteiger partial charge in [-0.3, -0.25) is 0 Å². The SMILES string of the molecule is Cc1nc(OC2CCCCC2)ncc1CO. The molecule has 0 saturated heterocycles. The largest absolute Gasteiger partial charge is 0.460 e. The highest BCUT2D eigenvalue weighted by atomic mass is 16.5. The highest BCUT2D eigenvalue weighted by Crippen LogP contribution is 2.21. The van der Waals surface area contributed by atoms with Crippen LogP contribution in [0, 0.1) is 6.92 Å². The molecule has 0 atom stereocenters. The average molecular weight is 222 g/mol. The van der Waals surface area contributed by atoms with Crippen LogP contribution >= 0.6 is 0 Å². The first-order valence-electron chi connectivity index (χ1n) is 5.89. The summed E-state index contributed by atoms with van der Waals surface area (Å²) >= 11 is 0. The fraction of sp³-hybridized carbons (Fsp3) is 0.667. The number of aryl methyl sites for hydroxylation is 1. The van der Waals surface area contributed by atoms with Gasteiger partial charge in [-0.15, -0.1) is 0 Å². The van der Waals surface area contributed by atoms with Gasteiger partial charge in [-0.05, 0) is 32.6 Å². The van der Waals surface area contributed by atoms with Crippen LogP contribution in [0.2, 0.25) is 0 Å². The van der Waals surface area contributed by atoms with Crippen molar-refractivity contribution in [1.82, 2.24) is 9.97 Å². The summed E-state index contributed by atoms with van der Waals surface area (Å²) < 4.78 is 5.73. The number of aliphatic hydroxyl groups excluding tert-OH is 1. The highest BCUT2D eigenvalue weighted by molar-refractivity contribution is 5.16. The third-order valence-corrected chi connectivity index (χ3v) is 3.05. The zero-order chi connectivity index (χ0) is 11.4. The summed E-state index contributed by atoms with van der Waals surface area (Å²) in [6.07, 6.45) is 7.89. The van der Waals surface area contributed by atoms with Gasteiger partial charge in [0.1, 0.15) is 6.10 Å². The van der Waals surface area contributed by atoms with Crippen molar-refractivity contribution in [2.75, 3.05) is 0 Å². The minimum atomic E-state index is -0.0183. The quantitative estimate of drug-likeness (QED) is 0.849. The molecular formula is C12H18N2O2. The van der Waals surface area contributed by atoms with Gasteiger partial charge in [0.05, 0.1) is 12.3 Å². The van der Waals surface area contributed by atoms with Gasteiger partial charge in [-0.25, -0.2) is 9.97 Å². The summed E-state index contributed by atoms with van der Waals surface area (Å²) in [7, 11) is 0. The van der Waals surface area contributed by atoms with Crippen LogP contribution in [0.15, 0.2) is 6.20 Å². The Balaban J connectivity index is 2.01. The number of aliphatic hydroxyl groups is 1. The van der Waals surface area contributed by atoms with Gasteiger partial charge in [0.2, 0.25) is 0 Å². The highest BCUT2D eigenvalue weighted by Gasteiger charge is 2.16. The number of hydrogen-bond acceptors (Lipinski definition) is 4. The Morgan fingerprint density at radius 1 is 1.38 bits per heavy atom. The van der Waals surface area contributed by atoms with Crippen molar-refractivity contribution >= 4 is 0 Å². The van der Waals surface area contributed by atoms with Gasteiger partial charge in [0.15, 0.2) is 0 Å². The lowest BCUT2D eigenvalue weighted by Gasteiger charge is -2.21. The maximum Gasteiger partial charge on any atom is 0.316 e. The van der Waals surface area contributed by atoms with Crippen LogP contribution in [0.3, 0.4) is 0 Å². The normalized spacial score (nSPS) is 17.4. The number of rotatable bonds is 3. The van der Waals surface area contributed by atoms with Crippen molar-refractivity contribution in [2.45, 2.75) is 51.7 Å². The average Bonchev–Trinajstić information content (AvgIpc) is 2.31. The molecule has 0 radical (unpaired) electrons. The van der Waals surface area contributed by atoms with Crippen molar-refractivity contribution in [3.63, 3.8) is 0 Å². The third kappa shape index (κ3) is 2.70. The molecule has 1 fully saturated rings. The molecule has 0 amide bonds. The van der Waals surface area contributed by atoms with Crippen LogP contribution < -0.4 is 4.74 Å². The summed E-state index contributed by atoms with van der Waals surface area (Å²) in [5, 5.41) is 9.01. The van der Waals surface area contributed by atoms with Gasteiger partial charge >= 0.3 is 6.01 Å². The molecular weight excluding hydrogens is 204 g/mol. The van der Waals surface area contributed by atoms with Crippen molar-refractivity contribution in [3.05, 3.63) is 17.5 Å². The molecule has 1 N–H and O–H groups in total. The standard InChI is InChI=1S/C12H18N2O2/c1-9-10(8-15)7-13-12(14-9)16-11-5-3-2-4-6-11/h7,11,15H,2-6,8H2,1H3. The first-order chi connectivity index (χ1) is 7.79. The van der Waals surface area contributed by atoms with Crippen molar-refractivity contribution in [3.8, 4) is 6.01 Å². The summed E-state index contributed by atoms with van der Waals surface area (Å²) in [6.45, 7) is 1.84. The number of aromatic nitrogens is 2. The fourth-order valence-electron chi connectivity index (χ4n) is 2.01. The number of ether oxygens (including phenoxy) is 1. The molecule has 0 aliphatic heterocycles. The van der Waals surface area contributed by atoms with Gasteiger partial charge in [0.25, 0.3) is 0 Å². The summed E-state index contributed by atoms with van der Waals surface area (Å²) in [4.78, 5) is 8.36. The maximum absolute atomic E-state index is 9.01. The van der Waals surface area contributed by atoms with E-state index in [0.29, 0.717) is 6.01 Å². The molecule has 4 nitrogen and oxygen atoms in total. The van der Waals surface area contributed by atoms with Crippen LogP contribution in [-0.4, -0.2) is 21.2 Å². The van der Waals surface area contributed by atoms with Crippen LogP contribution in [0.5, 0.6) is 6.01 Å². The van der Waals surface area contributed by atoms with Gasteiger partial charge in [0, 0.05) is 11.8 Å². The fourth-order valence-corrected chi connectivity index (χ4v) is 2.01. The molecule has 0 unspecified atom stereocenters. The van der Waals surface area contributed by atoms with E-state index in [1.165, 1.54) is 19.3 Å². The Morgan fingerprint density at radius 2 is 2.12 bits per heavy atom. The lowest BCUT2D eigenvalue weighted by atomic mass is 9.98. The van der Waals surface area contributed by atoms with Crippen molar-refractivity contribution in [1.29, 1.82) is 0 Å². The lowest BCUT2D eigenvalue weighted by molar-refractivity contribution is 0.141. The molecule has 1 saturated carbocycles. The monoisotopic (exact) mass is 222 g/mol. The zero-order valence-electron chi connectivity index (χ0n) is 9.65. The second kappa shape index (κ2) is 5.25. The lowest BCUT2D eigenvalue weighted by Crippen LogP contribution is -2.21. The van der Waals surface area contributed by atoms with E-state index in [9.17, 15) is 0 Å². The van der Waals surface area contributed by atoms with Crippen LogP contribution in [0.1, 0.15) is 43.4 Å².